The third kappa shape index (κ3) is 3.79. The van der Waals surface area contributed by atoms with Gasteiger partial charge in [0.2, 0.25) is 0 Å². The number of benzene rings is 2. The molecular formula is C21H18F3NO4. The fraction of sp³-hybridized carbons (Fsp3) is 0.333. The number of rotatable bonds is 3. The van der Waals surface area contributed by atoms with Gasteiger partial charge in [-0.05, 0) is 73.2 Å². The van der Waals surface area contributed by atoms with Crippen LogP contribution in [-0.2, 0) is 22.1 Å². The van der Waals surface area contributed by atoms with Crippen LogP contribution in [0.5, 0.6) is 11.5 Å². The predicted molar refractivity (Wildman–Crippen MR) is 96.8 cm³/mol. The van der Waals surface area contributed by atoms with Gasteiger partial charge in [0.1, 0.15) is 11.5 Å². The zero-order valence-corrected chi connectivity index (χ0v) is 15.5. The molecule has 4 rings (SSSR count). The van der Waals surface area contributed by atoms with Crippen molar-refractivity contribution in [1.29, 1.82) is 0 Å². The number of carbonyl (C=O) groups is 2. The molecule has 1 N–H and O–H groups in total. The van der Waals surface area contributed by atoms with Gasteiger partial charge in [0.05, 0.1) is 5.56 Å². The number of carbonyl (C=O) groups excluding carboxylic acids is 2. The molecule has 0 spiro atoms. The number of imide groups is 1. The van der Waals surface area contributed by atoms with E-state index >= 15 is 0 Å². The fourth-order valence-electron chi connectivity index (χ4n) is 3.91. The lowest BCUT2D eigenvalue weighted by atomic mass is 9.79. The van der Waals surface area contributed by atoms with Crippen LogP contribution in [0, 0.1) is 6.92 Å². The molecule has 2 amide bonds. The molecule has 0 saturated carbocycles. The molecular weight excluding hydrogens is 387 g/mol. The molecule has 2 aromatic rings. The molecule has 8 heteroatoms. The summed E-state index contributed by atoms with van der Waals surface area (Å²) in [4.78, 5) is 23.3. The first kappa shape index (κ1) is 19.3. The molecule has 2 aromatic carbocycles. The van der Waals surface area contributed by atoms with Crippen LogP contribution in [0.4, 0.5) is 18.0 Å². The van der Waals surface area contributed by atoms with Crippen LogP contribution >= 0.6 is 0 Å². The van der Waals surface area contributed by atoms with Crippen molar-refractivity contribution in [3.05, 3.63) is 58.7 Å². The first-order valence-electron chi connectivity index (χ1n) is 9.22. The van der Waals surface area contributed by atoms with E-state index in [-0.39, 0.29) is 5.92 Å². The van der Waals surface area contributed by atoms with E-state index < -0.39 is 29.8 Å². The standard InChI is InChI=1S/C21H18F3NO4/c1-11-9-13(21(22,23)24)5-8-17(11)28-14-6-7-15-12(10-14)3-2-4-16(15)18-19(26)25-20(27)29-18/h5-10,16,18H,2-4H2,1H3,(H,25,26,27)/t16-,18?/m1/s1. The minimum atomic E-state index is -4.40. The molecule has 2 atom stereocenters. The summed E-state index contributed by atoms with van der Waals surface area (Å²) in [5.74, 6) is 0.176. The van der Waals surface area contributed by atoms with E-state index in [1.807, 2.05) is 12.1 Å². The number of alkyl halides is 3. The molecule has 1 aliphatic heterocycles. The summed E-state index contributed by atoms with van der Waals surface area (Å²) in [7, 11) is 0. The molecule has 1 fully saturated rings. The summed E-state index contributed by atoms with van der Waals surface area (Å²) in [6, 6.07) is 8.72. The van der Waals surface area contributed by atoms with E-state index in [4.69, 9.17) is 9.47 Å². The molecule has 1 aliphatic carbocycles. The van der Waals surface area contributed by atoms with Crippen molar-refractivity contribution >= 4 is 12.0 Å². The number of cyclic esters (lactones) is 1. The molecule has 0 aromatic heterocycles. The second kappa shape index (κ2) is 7.09. The Morgan fingerprint density at radius 3 is 2.59 bits per heavy atom. The second-order valence-electron chi connectivity index (χ2n) is 7.25. The Kier molecular flexibility index (Phi) is 4.72. The van der Waals surface area contributed by atoms with Crippen LogP contribution in [0.25, 0.3) is 0 Å². The number of nitrogens with one attached hydrogen (secondary N) is 1. The van der Waals surface area contributed by atoms with E-state index in [2.05, 4.69) is 5.32 Å². The summed E-state index contributed by atoms with van der Waals surface area (Å²) < 4.78 is 49.4. The molecule has 2 aliphatic rings. The van der Waals surface area contributed by atoms with E-state index in [9.17, 15) is 22.8 Å². The van der Waals surface area contributed by atoms with E-state index in [1.54, 1.807) is 13.0 Å². The van der Waals surface area contributed by atoms with Gasteiger partial charge in [-0.3, -0.25) is 10.1 Å². The van der Waals surface area contributed by atoms with Gasteiger partial charge in [0.15, 0.2) is 6.10 Å². The maximum absolute atomic E-state index is 12.8. The van der Waals surface area contributed by atoms with Crippen molar-refractivity contribution < 1.29 is 32.2 Å². The van der Waals surface area contributed by atoms with E-state index in [0.29, 0.717) is 17.1 Å². The lowest BCUT2D eigenvalue weighted by Crippen LogP contribution is -2.31. The third-order valence-electron chi connectivity index (χ3n) is 5.29. The van der Waals surface area contributed by atoms with Crippen LogP contribution in [0.15, 0.2) is 36.4 Å². The summed E-state index contributed by atoms with van der Waals surface area (Å²) in [6.45, 7) is 1.56. The predicted octanol–water partition coefficient (Wildman–Crippen LogP) is 4.86. The van der Waals surface area contributed by atoms with Crippen molar-refractivity contribution in [1.82, 2.24) is 5.32 Å². The van der Waals surface area contributed by atoms with Gasteiger partial charge < -0.3 is 9.47 Å². The van der Waals surface area contributed by atoms with E-state index in [1.165, 1.54) is 6.07 Å². The number of hydrogen-bond donors (Lipinski definition) is 1. The maximum Gasteiger partial charge on any atom is 0.416 e. The van der Waals surface area contributed by atoms with Crippen LogP contribution in [0.2, 0.25) is 0 Å². The molecule has 1 saturated heterocycles. The van der Waals surface area contributed by atoms with Crippen LogP contribution in [0.3, 0.4) is 0 Å². The monoisotopic (exact) mass is 405 g/mol. The molecule has 5 nitrogen and oxygen atoms in total. The number of halogens is 3. The number of hydrogen-bond acceptors (Lipinski definition) is 4. The summed E-state index contributed by atoms with van der Waals surface area (Å²) in [5.41, 5.74) is 1.55. The van der Waals surface area contributed by atoms with Crippen molar-refractivity contribution in [3.63, 3.8) is 0 Å². The Morgan fingerprint density at radius 2 is 1.93 bits per heavy atom. The zero-order chi connectivity index (χ0) is 20.8. The number of fused-ring (bicyclic) bond motifs is 1. The van der Waals surface area contributed by atoms with E-state index in [0.717, 1.165) is 42.5 Å². The molecule has 0 bridgehead atoms. The highest BCUT2D eigenvalue weighted by Crippen LogP contribution is 2.39. The third-order valence-corrected chi connectivity index (χ3v) is 5.29. The number of amides is 2. The lowest BCUT2D eigenvalue weighted by molar-refractivity contribution is -0.137. The Hall–Kier alpha value is -3.03. The first-order valence-corrected chi connectivity index (χ1v) is 9.22. The number of ether oxygens (including phenoxy) is 2. The zero-order valence-electron chi connectivity index (χ0n) is 15.5. The quantitative estimate of drug-likeness (QED) is 0.792. The van der Waals surface area contributed by atoms with Gasteiger partial charge in [0, 0.05) is 5.92 Å². The van der Waals surface area contributed by atoms with Crippen LogP contribution in [-0.4, -0.2) is 18.1 Å². The van der Waals surface area contributed by atoms with Gasteiger partial charge in [-0.1, -0.05) is 6.07 Å². The Bertz CT molecular complexity index is 986. The van der Waals surface area contributed by atoms with Gasteiger partial charge in [0.25, 0.3) is 5.91 Å². The van der Waals surface area contributed by atoms with Gasteiger partial charge in [-0.15, -0.1) is 0 Å². The summed E-state index contributed by atoms with van der Waals surface area (Å²) in [5, 5.41) is 2.16. The average molecular weight is 405 g/mol. The molecule has 0 radical (unpaired) electrons. The van der Waals surface area contributed by atoms with Gasteiger partial charge in [-0.25, -0.2) is 4.79 Å². The largest absolute Gasteiger partial charge is 0.457 e. The fourth-order valence-corrected chi connectivity index (χ4v) is 3.91. The summed E-state index contributed by atoms with van der Waals surface area (Å²) >= 11 is 0. The lowest BCUT2D eigenvalue weighted by Gasteiger charge is -2.28. The highest BCUT2D eigenvalue weighted by molar-refractivity contribution is 6.00. The van der Waals surface area contributed by atoms with Crippen molar-refractivity contribution in [2.75, 3.05) is 0 Å². The normalized spacial score (nSPS) is 21.4. The van der Waals surface area contributed by atoms with Crippen LogP contribution < -0.4 is 10.1 Å². The van der Waals surface area contributed by atoms with Crippen molar-refractivity contribution in [2.24, 2.45) is 0 Å². The molecule has 1 unspecified atom stereocenters. The van der Waals surface area contributed by atoms with Gasteiger partial charge in [-0.2, -0.15) is 13.2 Å². The molecule has 152 valence electrons. The maximum atomic E-state index is 12.8. The highest BCUT2D eigenvalue weighted by atomic mass is 19.4. The Morgan fingerprint density at radius 1 is 1.14 bits per heavy atom. The Labute approximate surface area is 164 Å². The SMILES string of the molecule is Cc1cc(C(F)(F)F)ccc1Oc1ccc2c(c1)CCC[C@H]2C1OC(=O)NC1=O. The topological polar surface area (TPSA) is 64.6 Å². The molecule has 29 heavy (non-hydrogen) atoms. The summed E-state index contributed by atoms with van der Waals surface area (Å²) in [6.07, 6.45) is -3.66. The average Bonchev–Trinajstić information content (AvgIpc) is 3.00. The van der Waals surface area contributed by atoms with Gasteiger partial charge >= 0.3 is 12.3 Å². The highest BCUT2D eigenvalue weighted by Gasteiger charge is 2.41. The van der Waals surface area contributed by atoms with Crippen LogP contribution in [0.1, 0.15) is 41.0 Å². The number of aryl methyl sites for hydroxylation is 2. The number of alkyl carbamates (subject to hydrolysis) is 1. The molecule has 1 heterocycles. The minimum absolute atomic E-state index is 0.230. The van der Waals surface area contributed by atoms with Crippen molar-refractivity contribution in [2.45, 2.75) is 44.4 Å². The Balaban J connectivity index is 1.57. The second-order valence-corrected chi connectivity index (χ2v) is 7.25. The first-order chi connectivity index (χ1) is 13.7. The minimum Gasteiger partial charge on any atom is -0.457 e. The smallest absolute Gasteiger partial charge is 0.416 e. The van der Waals surface area contributed by atoms with Crippen molar-refractivity contribution in [3.8, 4) is 11.5 Å².